The number of allylic oxidation sites excluding steroid dienone is 3. The number of aliphatic hydroxyl groups is 1. The van der Waals surface area contributed by atoms with Gasteiger partial charge in [-0.1, -0.05) is 99.7 Å². The molecule has 0 radical (unpaired) electrons. The van der Waals surface area contributed by atoms with Gasteiger partial charge in [0.1, 0.15) is 18.0 Å². The molecule has 0 bridgehead atoms. The second-order valence-corrected chi connectivity index (χ2v) is 15.6. The van der Waals surface area contributed by atoms with Gasteiger partial charge in [-0.15, -0.1) is 0 Å². The summed E-state index contributed by atoms with van der Waals surface area (Å²) in [5.41, 5.74) is 11.0. The predicted molar refractivity (Wildman–Crippen MR) is 203 cm³/mol. The zero-order valence-electron chi connectivity index (χ0n) is 29.2. The average Bonchev–Trinajstić information content (AvgIpc) is 3.83. The maximum atomic E-state index is 12.1. The zero-order valence-corrected chi connectivity index (χ0v) is 29.2. The summed E-state index contributed by atoms with van der Waals surface area (Å²) >= 11 is 0. The molecule has 5 aromatic rings. The van der Waals surface area contributed by atoms with Gasteiger partial charge in [0.05, 0.1) is 17.1 Å². The highest BCUT2D eigenvalue weighted by atomic mass is 16.5. The third-order valence-corrected chi connectivity index (χ3v) is 11.5. The Morgan fingerprint density at radius 3 is 2.50 bits per heavy atom. The van der Waals surface area contributed by atoms with Crippen LogP contribution in [0.15, 0.2) is 114 Å². The molecule has 0 amide bonds. The van der Waals surface area contributed by atoms with Gasteiger partial charge in [0, 0.05) is 28.8 Å². The quantitative estimate of drug-likeness (QED) is 0.191. The number of ether oxygens (including phenoxy) is 1. The van der Waals surface area contributed by atoms with Crippen molar-refractivity contribution >= 4 is 22.5 Å². The number of para-hydroxylation sites is 1. The van der Waals surface area contributed by atoms with E-state index in [1.807, 2.05) is 0 Å². The van der Waals surface area contributed by atoms with Crippen molar-refractivity contribution in [1.29, 1.82) is 0 Å². The number of fused-ring (bicyclic) bond motifs is 4. The summed E-state index contributed by atoms with van der Waals surface area (Å²) in [5.74, 6) is 2.14. The number of nitrogens with zero attached hydrogens (tertiary/aromatic N) is 3. The normalized spacial score (nSPS) is 24.4. The van der Waals surface area contributed by atoms with Crippen molar-refractivity contribution in [1.82, 2.24) is 9.55 Å². The molecule has 4 aromatic carbocycles. The summed E-state index contributed by atoms with van der Waals surface area (Å²) in [6.07, 6.45) is 12.7. The van der Waals surface area contributed by atoms with Crippen molar-refractivity contribution in [3.8, 4) is 16.8 Å². The van der Waals surface area contributed by atoms with Gasteiger partial charge < -0.3 is 9.84 Å². The van der Waals surface area contributed by atoms with Crippen molar-refractivity contribution in [3.05, 3.63) is 137 Å². The van der Waals surface area contributed by atoms with E-state index in [9.17, 15) is 5.11 Å². The molecule has 0 saturated carbocycles. The molecule has 5 heteroatoms. The fourth-order valence-electron chi connectivity index (χ4n) is 8.76. The van der Waals surface area contributed by atoms with E-state index < -0.39 is 6.10 Å². The van der Waals surface area contributed by atoms with Gasteiger partial charge in [-0.05, 0) is 102 Å². The minimum Gasteiger partial charge on any atom is -0.471 e. The standard InChI is InChI=1S/C45H45N3O2/c1-45(2,3)32-22-24-33(25-23-32)48-38-21-11-18-34(40(38)46-43(48)37-20-10-19-36(42(37)49)28-12-5-4-6-13-28)29-15-9-16-31(26-29)44-47-41-35-17-8-7-14-30(35)27-39(41)50-44/h5,7-9,11-12,14-18,20-26,28,36,39,41-42,49H,4,6,10,13,19,27H2,1-3H3/t28-,36+,39+,41-,42-/m0/s1. The number of hydrogen-bond donors (Lipinski definition) is 1. The van der Waals surface area contributed by atoms with Crippen LogP contribution < -0.4 is 0 Å². The lowest BCUT2D eigenvalue weighted by Crippen LogP contribution is -2.32. The average molecular weight is 660 g/mol. The van der Waals surface area contributed by atoms with Crippen LogP contribution in [-0.2, 0) is 16.6 Å². The van der Waals surface area contributed by atoms with Crippen molar-refractivity contribution in [2.75, 3.05) is 0 Å². The van der Waals surface area contributed by atoms with E-state index in [2.05, 4.69) is 135 Å². The van der Waals surface area contributed by atoms with Crippen LogP contribution in [0.25, 0.3) is 33.4 Å². The highest BCUT2D eigenvalue weighted by molar-refractivity contribution is 5.99. The molecule has 2 heterocycles. The largest absolute Gasteiger partial charge is 0.471 e. The molecule has 5 nitrogen and oxygen atoms in total. The molecule has 1 aliphatic heterocycles. The molecule has 0 saturated heterocycles. The Bertz CT molecular complexity index is 2180. The van der Waals surface area contributed by atoms with E-state index in [0.29, 0.717) is 11.8 Å². The minimum absolute atomic E-state index is 0.0503. The van der Waals surface area contributed by atoms with E-state index in [0.717, 1.165) is 76.9 Å². The fraction of sp³-hybridized carbons (Fsp3) is 0.333. The number of rotatable bonds is 5. The Labute approximate surface area is 295 Å². The molecular formula is C45H45N3O2. The lowest BCUT2D eigenvalue weighted by Gasteiger charge is -2.34. The summed E-state index contributed by atoms with van der Waals surface area (Å²) < 4.78 is 8.76. The fourth-order valence-corrected chi connectivity index (χ4v) is 8.76. The Morgan fingerprint density at radius 1 is 0.860 bits per heavy atom. The molecule has 50 heavy (non-hydrogen) atoms. The highest BCUT2D eigenvalue weighted by Crippen LogP contribution is 2.43. The van der Waals surface area contributed by atoms with E-state index >= 15 is 0 Å². The van der Waals surface area contributed by atoms with Crippen molar-refractivity contribution in [2.24, 2.45) is 16.8 Å². The number of benzene rings is 4. The third kappa shape index (κ3) is 5.34. The van der Waals surface area contributed by atoms with Crippen LogP contribution >= 0.6 is 0 Å². The number of hydrogen-bond acceptors (Lipinski definition) is 4. The number of aliphatic imine (C=N–C) groups is 1. The Kier molecular flexibility index (Phi) is 7.65. The third-order valence-electron chi connectivity index (χ3n) is 11.5. The summed E-state index contributed by atoms with van der Waals surface area (Å²) in [6.45, 7) is 6.74. The van der Waals surface area contributed by atoms with Gasteiger partial charge in [0.2, 0.25) is 5.90 Å². The van der Waals surface area contributed by atoms with Gasteiger partial charge in [-0.2, -0.15) is 0 Å². The van der Waals surface area contributed by atoms with Crippen LogP contribution in [0.5, 0.6) is 0 Å². The van der Waals surface area contributed by atoms with Crippen LogP contribution in [0, 0.1) is 11.8 Å². The molecule has 9 rings (SSSR count). The zero-order chi connectivity index (χ0) is 34.0. The van der Waals surface area contributed by atoms with E-state index in [-0.39, 0.29) is 23.5 Å². The molecule has 0 spiro atoms. The number of aliphatic hydroxyl groups excluding tert-OH is 1. The summed E-state index contributed by atoms with van der Waals surface area (Å²) in [4.78, 5) is 10.5. The topological polar surface area (TPSA) is 59.6 Å². The minimum atomic E-state index is -0.574. The Hall–Kier alpha value is -4.74. The Morgan fingerprint density at radius 2 is 1.68 bits per heavy atom. The van der Waals surface area contributed by atoms with Gasteiger partial charge in [-0.3, -0.25) is 4.57 Å². The lowest BCUT2D eigenvalue weighted by molar-refractivity contribution is 0.116. The summed E-state index contributed by atoms with van der Waals surface area (Å²) in [5, 5.41) is 12.1. The predicted octanol–water partition coefficient (Wildman–Crippen LogP) is 9.94. The monoisotopic (exact) mass is 659 g/mol. The SMILES string of the molecule is CC(C)(C)c1ccc(-n2c(C3=CCC[C@H]([C@H]4C=CCCC4)[C@@H]3O)nc3c(-c4cccc(C5=N[C@H]6c7ccccc7C[C@H]6O5)c4)cccc32)cc1. The lowest BCUT2D eigenvalue weighted by atomic mass is 9.74. The number of imidazole rings is 1. The van der Waals surface area contributed by atoms with E-state index in [4.69, 9.17) is 14.7 Å². The maximum Gasteiger partial charge on any atom is 0.217 e. The molecule has 3 aliphatic carbocycles. The van der Waals surface area contributed by atoms with Gasteiger partial charge in [0.15, 0.2) is 0 Å². The first-order chi connectivity index (χ1) is 24.3. The van der Waals surface area contributed by atoms with E-state index in [1.165, 1.54) is 23.1 Å². The number of aromatic nitrogens is 2. The van der Waals surface area contributed by atoms with E-state index in [1.54, 1.807) is 0 Å². The summed E-state index contributed by atoms with van der Waals surface area (Å²) in [7, 11) is 0. The molecule has 1 aromatic heterocycles. The van der Waals surface area contributed by atoms with Crippen LogP contribution in [0.1, 0.15) is 87.0 Å². The molecule has 5 atom stereocenters. The van der Waals surface area contributed by atoms with Crippen LogP contribution in [0.2, 0.25) is 0 Å². The molecule has 0 fully saturated rings. The second kappa shape index (κ2) is 12.2. The second-order valence-electron chi connectivity index (χ2n) is 15.6. The summed E-state index contributed by atoms with van der Waals surface area (Å²) in [6, 6.07) is 32.5. The smallest absolute Gasteiger partial charge is 0.217 e. The maximum absolute atomic E-state index is 12.1. The van der Waals surface area contributed by atoms with Crippen LogP contribution in [0.4, 0.5) is 0 Å². The van der Waals surface area contributed by atoms with Crippen molar-refractivity contribution in [2.45, 2.75) is 83.0 Å². The van der Waals surface area contributed by atoms with Gasteiger partial charge >= 0.3 is 0 Å². The molecule has 0 unspecified atom stereocenters. The van der Waals surface area contributed by atoms with Gasteiger partial charge in [0.25, 0.3) is 0 Å². The first kappa shape index (κ1) is 31.3. The highest BCUT2D eigenvalue weighted by Gasteiger charge is 2.40. The molecule has 1 N–H and O–H groups in total. The van der Waals surface area contributed by atoms with Gasteiger partial charge in [-0.25, -0.2) is 9.98 Å². The Balaban J connectivity index is 1.15. The molecule has 4 aliphatic rings. The molecule has 252 valence electrons. The van der Waals surface area contributed by atoms with Crippen LogP contribution in [0.3, 0.4) is 0 Å². The first-order valence-corrected chi connectivity index (χ1v) is 18.4. The van der Waals surface area contributed by atoms with Crippen LogP contribution in [-0.4, -0.2) is 32.8 Å². The van der Waals surface area contributed by atoms with Crippen molar-refractivity contribution < 1.29 is 9.84 Å². The molecular weight excluding hydrogens is 615 g/mol. The first-order valence-electron chi connectivity index (χ1n) is 18.4. The van der Waals surface area contributed by atoms with Crippen molar-refractivity contribution in [3.63, 3.8) is 0 Å².